The van der Waals surface area contributed by atoms with Crippen LogP contribution in [0, 0.1) is 0 Å². The Morgan fingerprint density at radius 3 is 2.49 bits per heavy atom. The first-order valence-electron chi connectivity index (χ1n) is 12.4. The van der Waals surface area contributed by atoms with Gasteiger partial charge in [-0.2, -0.15) is 13.2 Å². The summed E-state index contributed by atoms with van der Waals surface area (Å²) < 4.78 is 68.6. The number of rotatable bonds is 6. The number of nitrogens with zero attached hydrogens (tertiary/aromatic N) is 4. The Kier molecular flexibility index (Phi) is 7.41. The molecule has 3 aromatic rings. The number of nitrogens with one attached hydrogen (secondary N) is 1. The van der Waals surface area contributed by atoms with E-state index in [-0.39, 0.29) is 18.0 Å². The Balaban J connectivity index is 1.19. The number of anilines is 1. The highest BCUT2D eigenvalue weighted by Gasteiger charge is 2.34. The molecule has 0 spiro atoms. The summed E-state index contributed by atoms with van der Waals surface area (Å²) >= 11 is 0. The van der Waals surface area contributed by atoms with Crippen LogP contribution < -0.4 is 4.72 Å². The first-order valence-corrected chi connectivity index (χ1v) is 13.9. The van der Waals surface area contributed by atoms with Crippen LogP contribution in [0.3, 0.4) is 0 Å². The minimum absolute atomic E-state index is 0.0936. The molecule has 39 heavy (non-hydrogen) atoms. The highest BCUT2D eigenvalue weighted by Crippen LogP contribution is 2.34. The quantitative estimate of drug-likeness (QED) is 0.484. The van der Waals surface area contributed by atoms with Crippen molar-refractivity contribution in [3.63, 3.8) is 0 Å². The molecule has 1 amide bonds. The number of alkyl halides is 3. The van der Waals surface area contributed by atoms with Crippen molar-refractivity contribution < 1.29 is 26.4 Å². The van der Waals surface area contributed by atoms with Crippen molar-refractivity contribution in [1.82, 2.24) is 19.8 Å². The normalized spacial score (nSPS) is 18.0. The smallest absolute Gasteiger partial charge is 0.336 e. The monoisotopic (exact) mass is 557 g/mol. The topological polar surface area (TPSA) is 95.5 Å². The lowest BCUT2D eigenvalue weighted by atomic mass is 10.0. The van der Waals surface area contributed by atoms with E-state index in [1.54, 1.807) is 47.5 Å². The molecular weight excluding hydrogens is 531 g/mol. The van der Waals surface area contributed by atoms with Crippen molar-refractivity contribution in [3.05, 3.63) is 95.1 Å². The lowest BCUT2D eigenvalue weighted by molar-refractivity contribution is -0.138. The summed E-state index contributed by atoms with van der Waals surface area (Å²) in [6.45, 7) is 1.64. The molecule has 1 aromatic carbocycles. The second-order valence-electron chi connectivity index (χ2n) is 9.43. The van der Waals surface area contributed by atoms with Crippen LogP contribution in [0.1, 0.15) is 44.4 Å². The molecule has 1 saturated heterocycles. The Morgan fingerprint density at radius 2 is 1.77 bits per heavy atom. The number of amides is 1. The Morgan fingerprint density at radius 1 is 1.03 bits per heavy atom. The standard InChI is InChI=1S/C27H26F3N5O3S/c28-27(29,30)23-10-12-31-17-21(23)18-34-13-15-35(16-14-34)26(36)20-6-8-22(9-7-20)33-39(37,38)24-5-1-3-19-4-2-11-32-25(19)24/h1-4,6-12,17,24,33H,5,13-16,18H2. The minimum Gasteiger partial charge on any atom is -0.336 e. The number of allylic oxidation sites excluding steroid dienone is 1. The second kappa shape index (κ2) is 10.8. The summed E-state index contributed by atoms with van der Waals surface area (Å²) in [5.41, 5.74) is 1.39. The molecule has 1 unspecified atom stereocenters. The van der Waals surface area contributed by atoms with Crippen LogP contribution >= 0.6 is 0 Å². The van der Waals surface area contributed by atoms with Gasteiger partial charge in [0.1, 0.15) is 5.25 Å². The molecule has 1 fully saturated rings. The van der Waals surface area contributed by atoms with E-state index in [4.69, 9.17) is 0 Å². The largest absolute Gasteiger partial charge is 0.416 e. The van der Waals surface area contributed by atoms with Gasteiger partial charge in [0.15, 0.2) is 0 Å². The van der Waals surface area contributed by atoms with Gasteiger partial charge in [0.25, 0.3) is 5.91 Å². The predicted octanol–water partition coefficient (Wildman–Crippen LogP) is 4.35. The predicted molar refractivity (Wildman–Crippen MR) is 140 cm³/mol. The summed E-state index contributed by atoms with van der Waals surface area (Å²) in [5, 5.41) is -0.824. The van der Waals surface area contributed by atoms with Crippen molar-refractivity contribution in [2.24, 2.45) is 0 Å². The summed E-state index contributed by atoms with van der Waals surface area (Å²) in [7, 11) is -3.79. The van der Waals surface area contributed by atoms with Crippen molar-refractivity contribution >= 4 is 27.7 Å². The minimum atomic E-state index is -4.45. The molecule has 1 N–H and O–H groups in total. The van der Waals surface area contributed by atoms with Crippen molar-refractivity contribution in [2.45, 2.75) is 24.4 Å². The fourth-order valence-electron chi connectivity index (χ4n) is 4.82. The van der Waals surface area contributed by atoms with Crippen LogP contribution in [0.5, 0.6) is 0 Å². The second-order valence-corrected chi connectivity index (χ2v) is 11.3. The van der Waals surface area contributed by atoms with Gasteiger partial charge in [-0.1, -0.05) is 18.2 Å². The van der Waals surface area contributed by atoms with E-state index >= 15 is 0 Å². The number of sulfonamides is 1. The van der Waals surface area contributed by atoms with E-state index in [1.807, 2.05) is 17.0 Å². The first-order chi connectivity index (χ1) is 18.6. The number of piperazine rings is 1. The van der Waals surface area contributed by atoms with Gasteiger partial charge < -0.3 is 4.90 Å². The van der Waals surface area contributed by atoms with E-state index in [0.29, 0.717) is 49.5 Å². The molecule has 2 aromatic heterocycles. The maximum absolute atomic E-state index is 13.3. The summed E-state index contributed by atoms with van der Waals surface area (Å²) in [6, 6.07) is 10.8. The van der Waals surface area contributed by atoms with E-state index in [1.165, 1.54) is 6.20 Å². The molecule has 0 bridgehead atoms. The maximum Gasteiger partial charge on any atom is 0.416 e. The fraction of sp³-hybridized carbons (Fsp3) is 0.296. The van der Waals surface area contributed by atoms with E-state index < -0.39 is 27.0 Å². The van der Waals surface area contributed by atoms with Gasteiger partial charge in [-0.25, -0.2) is 8.42 Å². The number of carbonyl (C=O) groups is 1. The number of aromatic nitrogens is 2. The zero-order chi connectivity index (χ0) is 27.6. The van der Waals surface area contributed by atoms with Gasteiger partial charge in [-0.15, -0.1) is 0 Å². The van der Waals surface area contributed by atoms with Gasteiger partial charge >= 0.3 is 6.18 Å². The lowest BCUT2D eigenvalue weighted by Gasteiger charge is -2.35. The number of pyridine rings is 2. The van der Waals surface area contributed by atoms with E-state index in [9.17, 15) is 26.4 Å². The van der Waals surface area contributed by atoms with Gasteiger partial charge in [-0.05, 0) is 53.9 Å². The molecule has 12 heteroatoms. The number of hydrogen-bond acceptors (Lipinski definition) is 6. The van der Waals surface area contributed by atoms with Crippen molar-refractivity contribution in [1.29, 1.82) is 0 Å². The number of halogens is 3. The third kappa shape index (κ3) is 5.96. The van der Waals surface area contributed by atoms with Crippen LogP contribution in [-0.4, -0.2) is 60.3 Å². The number of hydrogen-bond donors (Lipinski definition) is 1. The molecule has 1 aliphatic carbocycles. The number of carbonyl (C=O) groups excluding carboxylic acids is 1. The zero-order valence-corrected chi connectivity index (χ0v) is 21.6. The van der Waals surface area contributed by atoms with E-state index in [2.05, 4.69) is 14.7 Å². The van der Waals surface area contributed by atoms with Gasteiger partial charge in [-0.3, -0.25) is 24.4 Å². The molecule has 0 saturated carbocycles. The third-order valence-corrected chi connectivity index (χ3v) is 8.54. The fourth-order valence-corrected chi connectivity index (χ4v) is 6.28. The average molecular weight is 558 g/mol. The lowest BCUT2D eigenvalue weighted by Crippen LogP contribution is -2.48. The maximum atomic E-state index is 13.3. The summed E-state index contributed by atoms with van der Waals surface area (Å²) in [4.78, 5) is 24.6. The molecule has 8 nitrogen and oxygen atoms in total. The van der Waals surface area contributed by atoms with Crippen molar-refractivity contribution in [3.8, 4) is 0 Å². The van der Waals surface area contributed by atoms with Crippen LogP contribution in [-0.2, 0) is 22.7 Å². The van der Waals surface area contributed by atoms with Crippen LogP contribution in [0.25, 0.3) is 6.08 Å². The highest BCUT2D eigenvalue weighted by molar-refractivity contribution is 7.93. The first kappa shape index (κ1) is 26.8. The molecule has 0 radical (unpaired) electrons. The highest BCUT2D eigenvalue weighted by atomic mass is 32.2. The average Bonchev–Trinajstić information content (AvgIpc) is 2.93. The summed E-state index contributed by atoms with van der Waals surface area (Å²) in [5.74, 6) is -0.225. The SMILES string of the molecule is O=C(c1ccc(NS(=O)(=O)C2CC=Cc3cccnc32)cc1)N1CCN(Cc2cnccc2C(F)(F)F)CC1. The van der Waals surface area contributed by atoms with Crippen LogP contribution in [0.4, 0.5) is 18.9 Å². The molecular formula is C27H26F3N5O3S. The summed E-state index contributed by atoms with van der Waals surface area (Å²) in [6.07, 6.45) is 3.44. The number of benzene rings is 1. The molecule has 5 rings (SSSR count). The van der Waals surface area contributed by atoms with Crippen LogP contribution in [0.15, 0.2) is 67.1 Å². The molecule has 2 aliphatic rings. The van der Waals surface area contributed by atoms with E-state index in [0.717, 1.165) is 17.8 Å². The van der Waals surface area contributed by atoms with Crippen LogP contribution in [0.2, 0.25) is 0 Å². The molecule has 3 heterocycles. The molecule has 1 atom stereocenters. The van der Waals surface area contributed by atoms with Gasteiger partial charge in [0, 0.05) is 62.6 Å². The Hall–Kier alpha value is -3.77. The zero-order valence-electron chi connectivity index (χ0n) is 20.8. The molecule has 204 valence electrons. The Labute approximate surface area is 224 Å². The molecule has 1 aliphatic heterocycles. The van der Waals surface area contributed by atoms with Crippen molar-refractivity contribution in [2.75, 3.05) is 30.9 Å². The van der Waals surface area contributed by atoms with Gasteiger partial charge in [0.2, 0.25) is 10.0 Å². The van der Waals surface area contributed by atoms with Gasteiger partial charge in [0.05, 0.1) is 11.3 Å². The Bertz CT molecular complexity index is 1490. The third-order valence-electron chi connectivity index (χ3n) is 6.85. The number of fused-ring (bicyclic) bond motifs is 1.